The molecule has 0 bridgehead atoms. The van der Waals surface area contributed by atoms with E-state index in [1.807, 2.05) is 12.1 Å². The molecule has 8 nitrogen and oxygen atoms in total. The molecule has 4 rings (SSSR count). The first-order chi connectivity index (χ1) is 16.7. The first-order valence-corrected chi connectivity index (χ1v) is 13.3. The van der Waals surface area contributed by atoms with Crippen LogP contribution in [0.25, 0.3) is 0 Å². The predicted octanol–water partition coefficient (Wildman–Crippen LogP) is 4.50. The van der Waals surface area contributed by atoms with E-state index in [2.05, 4.69) is 15.8 Å². The summed E-state index contributed by atoms with van der Waals surface area (Å²) in [5.74, 6) is -0.326. The van der Waals surface area contributed by atoms with Gasteiger partial charge < -0.3 is 9.64 Å². The average molecular weight is 533 g/mol. The lowest BCUT2D eigenvalue weighted by atomic mass is 9.96. The molecule has 11 heteroatoms. The number of rotatable bonds is 6. The molecule has 2 N–H and O–H groups in total. The quantitative estimate of drug-likeness (QED) is 0.455. The zero-order valence-corrected chi connectivity index (χ0v) is 21.6. The number of benzene rings is 1. The Labute approximate surface area is 216 Å². The van der Waals surface area contributed by atoms with E-state index in [1.165, 1.54) is 22.7 Å². The van der Waals surface area contributed by atoms with Gasteiger partial charge in [-0.25, -0.2) is 4.98 Å². The summed E-state index contributed by atoms with van der Waals surface area (Å²) in [6, 6.07) is 8.77. The summed E-state index contributed by atoms with van der Waals surface area (Å²) < 4.78 is 5.94. The number of hydrazine groups is 1. The fourth-order valence-electron chi connectivity index (χ4n) is 3.78. The molecule has 3 heterocycles. The number of hydrogen-bond donors (Lipinski definition) is 2. The zero-order chi connectivity index (χ0) is 25.0. The fourth-order valence-corrected chi connectivity index (χ4v) is 5.56. The molecule has 0 radical (unpaired) electrons. The lowest BCUT2D eigenvalue weighted by molar-refractivity contribution is -0.146. The summed E-state index contributed by atoms with van der Waals surface area (Å²) in [4.78, 5) is 43.8. The van der Waals surface area contributed by atoms with Gasteiger partial charge >= 0.3 is 0 Å². The molecule has 184 valence electrons. The van der Waals surface area contributed by atoms with Gasteiger partial charge in [-0.3, -0.25) is 25.2 Å². The van der Waals surface area contributed by atoms with Crippen LogP contribution in [0.2, 0.25) is 5.02 Å². The largest absolute Gasteiger partial charge is 0.476 e. The number of nitrogens with zero attached hydrogens (tertiary/aromatic N) is 2. The number of piperidine rings is 1. The van der Waals surface area contributed by atoms with Gasteiger partial charge in [0.1, 0.15) is 11.4 Å². The number of amides is 3. The third-order valence-corrected chi connectivity index (χ3v) is 7.68. The van der Waals surface area contributed by atoms with E-state index in [-0.39, 0.29) is 23.4 Å². The van der Waals surface area contributed by atoms with E-state index in [0.717, 1.165) is 17.8 Å². The lowest BCUT2D eigenvalue weighted by Gasteiger charge is -2.36. The SMILES string of the molecule is CC(C)(Oc1ccccc1Cl)C(=O)N1CCC(c2nc(C(=O)NNC(=O)c3ccsc3)cs2)CC1. The van der Waals surface area contributed by atoms with Crippen molar-refractivity contribution < 1.29 is 19.1 Å². The van der Waals surface area contributed by atoms with E-state index >= 15 is 0 Å². The number of carbonyl (C=O) groups is 3. The van der Waals surface area contributed by atoms with E-state index in [1.54, 1.807) is 53.1 Å². The second-order valence-electron chi connectivity index (χ2n) is 8.60. The Morgan fingerprint density at radius 1 is 1.09 bits per heavy atom. The van der Waals surface area contributed by atoms with E-state index < -0.39 is 11.5 Å². The van der Waals surface area contributed by atoms with Crippen LogP contribution in [0.4, 0.5) is 0 Å². The van der Waals surface area contributed by atoms with Crippen molar-refractivity contribution in [3.8, 4) is 5.75 Å². The van der Waals surface area contributed by atoms with Gasteiger partial charge in [0.05, 0.1) is 15.6 Å². The van der Waals surface area contributed by atoms with Crippen molar-refractivity contribution in [1.82, 2.24) is 20.7 Å². The number of hydrogen-bond acceptors (Lipinski definition) is 7. The minimum atomic E-state index is -1.06. The maximum Gasteiger partial charge on any atom is 0.289 e. The number of aromatic nitrogens is 1. The van der Waals surface area contributed by atoms with Crippen molar-refractivity contribution in [2.24, 2.45) is 0 Å². The van der Waals surface area contributed by atoms with Gasteiger partial charge in [-0.1, -0.05) is 23.7 Å². The van der Waals surface area contributed by atoms with Crippen molar-refractivity contribution in [1.29, 1.82) is 0 Å². The Balaban J connectivity index is 1.29. The molecule has 0 saturated carbocycles. The van der Waals surface area contributed by atoms with E-state index in [9.17, 15) is 14.4 Å². The predicted molar refractivity (Wildman–Crippen MR) is 136 cm³/mol. The van der Waals surface area contributed by atoms with Gasteiger partial charge in [0.25, 0.3) is 17.7 Å². The summed E-state index contributed by atoms with van der Waals surface area (Å²) in [5, 5.41) is 6.47. The van der Waals surface area contributed by atoms with Gasteiger partial charge in [0.2, 0.25) is 0 Å². The molecule has 0 unspecified atom stereocenters. The molecule has 3 amide bonds. The number of likely N-dealkylation sites (tertiary alicyclic amines) is 1. The van der Waals surface area contributed by atoms with Crippen LogP contribution in [-0.4, -0.2) is 46.3 Å². The molecule has 1 fully saturated rings. The summed E-state index contributed by atoms with van der Waals surface area (Å²) in [5.41, 5.74) is 4.47. The van der Waals surface area contributed by atoms with Crippen molar-refractivity contribution in [2.75, 3.05) is 13.1 Å². The van der Waals surface area contributed by atoms with Crippen LogP contribution >= 0.6 is 34.3 Å². The highest BCUT2D eigenvalue weighted by molar-refractivity contribution is 7.10. The molecule has 2 aromatic heterocycles. The molecule has 35 heavy (non-hydrogen) atoms. The Morgan fingerprint density at radius 2 is 1.80 bits per heavy atom. The van der Waals surface area contributed by atoms with Gasteiger partial charge in [0.15, 0.2) is 5.60 Å². The highest BCUT2D eigenvalue weighted by atomic mass is 35.5. The number of ether oxygens (including phenoxy) is 1. The standard InChI is InChI=1S/C24H25ClN4O4S2/c1-24(2,33-19-6-4-3-5-17(19)25)23(32)29-10-7-15(8-11-29)22-26-18(14-35-22)21(31)28-27-20(30)16-9-12-34-13-16/h3-6,9,12-15H,7-8,10-11H2,1-2H3,(H,27,30)(H,28,31). The summed E-state index contributed by atoms with van der Waals surface area (Å²) in [6.07, 6.45) is 1.47. The van der Waals surface area contributed by atoms with Crippen LogP contribution in [0.5, 0.6) is 5.75 Å². The minimum absolute atomic E-state index is 0.101. The van der Waals surface area contributed by atoms with Crippen LogP contribution < -0.4 is 15.6 Å². The fraction of sp³-hybridized carbons (Fsp3) is 0.333. The van der Waals surface area contributed by atoms with Crippen molar-refractivity contribution >= 4 is 52.0 Å². The Hall–Kier alpha value is -2.95. The first kappa shape index (κ1) is 25.2. The van der Waals surface area contributed by atoms with E-state index in [0.29, 0.717) is 29.4 Å². The Morgan fingerprint density at radius 3 is 2.49 bits per heavy atom. The molecule has 3 aromatic rings. The number of thiophene rings is 1. The van der Waals surface area contributed by atoms with Gasteiger partial charge in [-0.15, -0.1) is 11.3 Å². The molecule has 0 atom stereocenters. The Bertz CT molecular complexity index is 1200. The second-order valence-corrected chi connectivity index (χ2v) is 10.7. The highest BCUT2D eigenvalue weighted by Gasteiger charge is 2.37. The minimum Gasteiger partial charge on any atom is -0.476 e. The number of nitrogens with one attached hydrogen (secondary N) is 2. The van der Waals surface area contributed by atoms with E-state index in [4.69, 9.17) is 16.3 Å². The number of carbonyl (C=O) groups excluding carboxylic acids is 3. The maximum atomic E-state index is 13.1. The molecule has 1 aliphatic heterocycles. The smallest absolute Gasteiger partial charge is 0.289 e. The van der Waals surface area contributed by atoms with Crippen molar-refractivity contribution in [2.45, 2.75) is 38.2 Å². The third-order valence-electron chi connectivity index (χ3n) is 5.68. The Kier molecular flexibility index (Phi) is 7.73. The number of para-hydroxylation sites is 1. The summed E-state index contributed by atoms with van der Waals surface area (Å²) >= 11 is 9.00. The first-order valence-electron chi connectivity index (χ1n) is 11.1. The second kappa shape index (κ2) is 10.8. The molecule has 0 aliphatic carbocycles. The van der Waals surface area contributed by atoms with Crippen molar-refractivity contribution in [3.05, 3.63) is 67.8 Å². The number of halogens is 1. The molecular formula is C24H25ClN4O4S2. The number of thiazole rings is 1. The molecule has 1 aliphatic rings. The van der Waals surface area contributed by atoms with Crippen LogP contribution in [0.15, 0.2) is 46.5 Å². The topological polar surface area (TPSA) is 101 Å². The molecule has 1 aromatic carbocycles. The summed E-state index contributed by atoms with van der Waals surface area (Å²) in [7, 11) is 0. The maximum absolute atomic E-state index is 13.1. The molecule has 0 spiro atoms. The van der Waals surface area contributed by atoms with Crippen LogP contribution in [0, 0.1) is 0 Å². The van der Waals surface area contributed by atoms with Crippen molar-refractivity contribution in [3.63, 3.8) is 0 Å². The average Bonchev–Trinajstić information content (AvgIpc) is 3.56. The zero-order valence-electron chi connectivity index (χ0n) is 19.2. The van der Waals surface area contributed by atoms with Crippen LogP contribution in [0.3, 0.4) is 0 Å². The van der Waals surface area contributed by atoms with Gasteiger partial charge in [-0.2, -0.15) is 11.3 Å². The van der Waals surface area contributed by atoms with Crippen LogP contribution in [0.1, 0.15) is 58.5 Å². The third kappa shape index (κ3) is 6.01. The van der Waals surface area contributed by atoms with Crippen LogP contribution in [-0.2, 0) is 4.79 Å². The normalized spacial score (nSPS) is 14.4. The lowest BCUT2D eigenvalue weighted by Crippen LogP contribution is -2.51. The van der Waals surface area contributed by atoms with Gasteiger partial charge in [-0.05, 0) is 50.3 Å². The monoisotopic (exact) mass is 532 g/mol. The summed E-state index contributed by atoms with van der Waals surface area (Å²) in [6.45, 7) is 4.62. The highest BCUT2D eigenvalue weighted by Crippen LogP contribution is 2.33. The molecular weight excluding hydrogens is 508 g/mol. The van der Waals surface area contributed by atoms with Gasteiger partial charge in [0, 0.05) is 29.8 Å². The molecule has 1 saturated heterocycles.